The number of ether oxygens (including phenoxy) is 1. The molecular formula is C19H27F3N2O5. The van der Waals surface area contributed by atoms with Gasteiger partial charge in [0.15, 0.2) is 0 Å². The molecule has 2 N–H and O–H groups in total. The molecule has 1 aromatic rings. The summed E-state index contributed by atoms with van der Waals surface area (Å²) in [5, 5.41) is 15.9. The van der Waals surface area contributed by atoms with Gasteiger partial charge in [-0.2, -0.15) is 13.2 Å². The van der Waals surface area contributed by atoms with Crippen LogP contribution in [0.3, 0.4) is 0 Å². The number of aryl methyl sites for hydroxylation is 2. The van der Waals surface area contributed by atoms with Crippen molar-refractivity contribution >= 4 is 11.9 Å². The topological polar surface area (TPSA) is 90.3 Å². The average molecular weight is 420 g/mol. The highest BCUT2D eigenvalue weighted by Crippen LogP contribution is 2.16. The molecule has 0 spiro atoms. The van der Waals surface area contributed by atoms with Crippen LogP contribution in [0.2, 0.25) is 0 Å². The molecule has 0 saturated carbocycles. The summed E-state index contributed by atoms with van der Waals surface area (Å²) in [7, 11) is 1.82. The summed E-state index contributed by atoms with van der Waals surface area (Å²) in [4.78, 5) is 23.8. The third-order valence-corrected chi connectivity index (χ3v) is 4.28. The normalized spacial score (nSPS) is 17.6. The zero-order valence-electron chi connectivity index (χ0n) is 16.7. The van der Waals surface area contributed by atoms with Gasteiger partial charge < -0.3 is 14.9 Å². The van der Waals surface area contributed by atoms with Crippen LogP contribution in [0.5, 0.6) is 0 Å². The van der Waals surface area contributed by atoms with Crippen LogP contribution in [0, 0.1) is 13.8 Å². The molecule has 1 unspecified atom stereocenters. The first-order chi connectivity index (χ1) is 13.4. The van der Waals surface area contributed by atoms with Crippen molar-refractivity contribution in [1.82, 2.24) is 9.80 Å². The van der Waals surface area contributed by atoms with Gasteiger partial charge in [0, 0.05) is 26.2 Å². The lowest BCUT2D eigenvalue weighted by molar-refractivity contribution is -0.192. The number of carbonyl (C=O) groups is 2. The molecular weight excluding hydrogens is 393 g/mol. The van der Waals surface area contributed by atoms with Crippen LogP contribution < -0.4 is 0 Å². The first kappa shape index (κ1) is 24.9. The summed E-state index contributed by atoms with van der Waals surface area (Å²) < 4.78 is 37.5. The number of hydrogen-bond donors (Lipinski definition) is 2. The van der Waals surface area contributed by atoms with Gasteiger partial charge in [-0.1, -0.05) is 23.8 Å². The third-order valence-electron chi connectivity index (χ3n) is 4.28. The molecule has 1 aromatic carbocycles. The molecule has 2 rings (SSSR count). The predicted octanol–water partition coefficient (Wildman–Crippen LogP) is 2.15. The van der Waals surface area contributed by atoms with Crippen LogP contribution in [0.25, 0.3) is 0 Å². The average Bonchev–Trinajstić information content (AvgIpc) is 2.56. The molecule has 1 aliphatic rings. The van der Waals surface area contributed by atoms with Gasteiger partial charge in [-0.15, -0.1) is 0 Å². The van der Waals surface area contributed by atoms with E-state index >= 15 is 0 Å². The standard InChI is InChI=1S/C17H26N2O3.C2HF3O2/c1-13-4-5-15(14(2)8-13)9-19-6-7-22-16(11-19)10-18(3)12-17(20)21;3-2(4,5)1(6)7/h4-5,8,16H,6-7,9-12H2,1-3H3,(H,20,21);(H,6,7). The van der Waals surface area contributed by atoms with Crippen LogP contribution in [-0.4, -0.2) is 84.1 Å². The number of morpholine rings is 1. The number of likely N-dealkylation sites (N-methyl/N-ethyl adjacent to an activating group) is 1. The second-order valence-electron chi connectivity index (χ2n) is 7.05. The number of benzene rings is 1. The molecule has 7 nitrogen and oxygen atoms in total. The van der Waals surface area contributed by atoms with Crippen molar-refractivity contribution in [2.45, 2.75) is 32.7 Å². The molecule has 1 saturated heterocycles. The molecule has 1 atom stereocenters. The van der Waals surface area contributed by atoms with Crippen molar-refractivity contribution in [3.63, 3.8) is 0 Å². The number of carboxylic acids is 2. The molecule has 1 heterocycles. The lowest BCUT2D eigenvalue weighted by Crippen LogP contribution is -2.47. The minimum Gasteiger partial charge on any atom is -0.480 e. The maximum atomic E-state index is 10.7. The second-order valence-corrected chi connectivity index (χ2v) is 7.05. The summed E-state index contributed by atoms with van der Waals surface area (Å²) in [5.74, 6) is -3.56. The van der Waals surface area contributed by atoms with E-state index in [1.807, 2.05) is 7.05 Å². The van der Waals surface area contributed by atoms with Crippen molar-refractivity contribution in [2.24, 2.45) is 0 Å². The Balaban J connectivity index is 0.000000516. The monoisotopic (exact) mass is 420 g/mol. The van der Waals surface area contributed by atoms with Crippen LogP contribution in [-0.2, 0) is 20.9 Å². The van der Waals surface area contributed by atoms with Crippen molar-refractivity contribution < 1.29 is 37.7 Å². The first-order valence-corrected chi connectivity index (χ1v) is 8.99. The summed E-state index contributed by atoms with van der Waals surface area (Å²) in [6.07, 6.45) is -5.01. The molecule has 0 radical (unpaired) electrons. The summed E-state index contributed by atoms with van der Waals surface area (Å²) >= 11 is 0. The van der Waals surface area contributed by atoms with Crippen LogP contribution in [0.15, 0.2) is 18.2 Å². The maximum Gasteiger partial charge on any atom is 0.490 e. The Labute approximate surface area is 167 Å². The molecule has 0 aliphatic carbocycles. The van der Waals surface area contributed by atoms with Crippen LogP contribution >= 0.6 is 0 Å². The van der Waals surface area contributed by atoms with E-state index in [0.29, 0.717) is 13.2 Å². The number of hydrogen-bond acceptors (Lipinski definition) is 5. The fraction of sp³-hybridized carbons (Fsp3) is 0.579. The molecule has 1 aliphatic heterocycles. The number of halogens is 3. The molecule has 164 valence electrons. The van der Waals surface area contributed by atoms with Gasteiger partial charge in [-0.3, -0.25) is 14.6 Å². The lowest BCUT2D eigenvalue weighted by atomic mass is 10.0. The van der Waals surface area contributed by atoms with E-state index in [0.717, 1.165) is 19.6 Å². The van der Waals surface area contributed by atoms with Crippen LogP contribution in [0.4, 0.5) is 13.2 Å². The SMILES string of the molecule is Cc1ccc(CN2CCOC(CN(C)CC(=O)O)C2)c(C)c1.O=C(O)C(F)(F)F. The van der Waals surface area contributed by atoms with E-state index in [-0.39, 0.29) is 12.6 Å². The molecule has 10 heteroatoms. The highest BCUT2D eigenvalue weighted by molar-refractivity contribution is 5.73. The maximum absolute atomic E-state index is 10.7. The largest absolute Gasteiger partial charge is 0.490 e. The van der Waals surface area contributed by atoms with E-state index in [9.17, 15) is 18.0 Å². The molecule has 0 bridgehead atoms. The second kappa shape index (κ2) is 11.1. The van der Waals surface area contributed by atoms with Crippen molar-refractivity contribution in [3.05, 3.63) is 34.9 Å². The van der Waals surface area contributed by atoms with Gasteiger partial charge >= 0.3 is 18.1 Å². The minimum absolute atomic E-state index is 0.0525. The van der Waals surface area contributed by atoms with Gasteiger partial charge in [0.05, 0.1) is 19.3 Å². The van der Waals surface area contributed by atoms with Gasteiger partial charge in [0.2, 0.25) is 0 Å². The first-order valence-electron chi connectivity index (χ1n) is 8.99. The van der Waals surface area contributed by atoms with Crippen LogP contribution in [0.1, 0.15) is 16.7 Å². The Hall–Kier alpha value is -2.17. The van der Waals surface area contributed by atoms with Gasteiger partial charge in [-0.25, -0.2) is 4.79 Å². The van der Waals surface area contributed by atoms with E-state index < -0.39 is 18.1 Å². The zero-order valence-corrected chi connectivity index (χ0v) is 16.7. The Bertz CT molecular complexity index is 697. The zero-order chi connectivity index (χ0) is 22.2. The highest BCUT2D eigenvalue weighted by Gasteiger charge is 2.38. The Morgan fingerprint density at radius 2 is 1.90 bits per heavy atom. The number of nitrogens with zero attached hydrogens (tertiary/aromatic N) is 2. The summed E-state index contributed by atoms with van der Waals surface area (Å²) in [6.45, 7) is 8.36. The number of rotatable bonds is 6. The van der Waals surface area contributed by atoms with Gasteiger partial charge in [0.25, 0.3) is 0 Å². The number of aliphatic carboxylic acids is 2. The molecule has 29 heavy (non-hydrogen) atoms. The Kier molecular flexibility index (Phi) is 9.54. The summed E-state index contributed by atoms with van der Waals surface area (Å²) in [6, 6.07) is 6.57. The number of carboxylic acid groups (broad SMARTS) is 2. The van der Waals surface area contributed by atoms with Crippen molar-refractivity contribution in [2.75, 3.05) is 39.8 Å². The molecule has 0 amide bonds. The van der Waals surface area contributed by atoms with E-state index in [1.54, 1.807) is 4.90 Å². The van der Waals surface area contributed by atoms with Crippen molar-refractivity contribution in [3.8, 4) is 0 Å². The predicted molar refractivity (Wildman–Crippen MR) is 99.8 cm³/mol. The fourth-order valence-corrected chi connectivity index (χ4v) is 2.94. The quantitative estimate of drug-likeness (QED) is 0.729. The smallest absolute Gasteiger partial charge is 0.480 e. The van der Waals surface area contributed by atoms with E-state index in [1.165, 1.54) is 16.7 Å². The highest BCUT2D eigenvalue weighted by atomic mass is 19.4. The summed E-state index contributed by atoms with van der Waals surface area (Å²) in [5.41, 5.74) is 3.97. The van der Waals surface area contributed by atoms with E-state index in [4.69, 9.17) is 19.7 Å². The van der Waals surface area contributed by atoms with Gasteiger partial charge in [-0.05, 0) is 32.0 Å². The van der Waals surface area contributed by atoms with E-state index in [2.05, 4.69) is 36.9 Å². The third kappa shape index (κ3) is 9.73. The lowest BCUT2D eigenvalue weighted by Gasteiger charge is -2.34. The molecule has 0 aromatic heterocycles. The Morgan fingerprint density at radius 3 is 2.41 bits per heavy atom. The van der Waals surface area contributed by atoms with Gasteiger partial charge in [0.1, 0.15) is 0 Å². The Morgan fingerprint density at radius 1 is 1.28 bits per heavy atom. The van der Waals surface area contributed by atoms with Crippen molar-refractivity contribution in [1.29, 1.82) is 0 Å². The minimum atomic E-state index is -5.08. The fourth-order valence-electron chi connectivity index (χ4n) is 2.94. The number of alkyl halides is 3. The molecule has 1 fully saturated rings.